The summed E-state index contributed by atoms with van der Waals surface area (Å²) in [7, 11) is 0. The van der Waals surface area contributed by atoms with Crippen LogP contribution in [0.2, 0.25) is 0 Å². The molecule has 5 N–H and O–H groups in total. The highest BCUT2D eigenvalue weighted by Gasteiger charge is 2.06. The van der Waals surface area contributed by atoms with Crippen molar-refractivity contribution in [2.45, 2.75) is 0 Å². The highest BCUT2D eigenvalue weighted by molar-refractivity contribution is 6.05. The number of amides is 1. The van der Waals surface area contributed by atoms with Crippen LogP contribution in [0.15, 0.2) is 48.5 Å². The highest BCUT2D eigenvalue weighted by atomic mass is 35.5. The zero-order chi connectivity index (χ0) is 12.3. The number of anilines is 3. The van der Waals surface area contributed by atoms with E-state index in [0.29, 0.717) is 22.6 Å². The smallest absolute Gasteiger partial charge is 0.255 e. The molecule has 0 aromatic heterocycles. The van der Waals surface area contributed by atoms with Crippen molar-refractivity contribution in [1.82, 2.24) is 0 Å². The van der Waals surface area contributed by atoms with E-state index in [4.69, 9.17) is 11.5 Å². The van der Waals surface area contributed by atoms with Crippen LogP contribution in [-0.2, 0) is 0 Å². The van der Waals surface area contributed by atoms with Gasteiger partial charge in [0.2, 0.25) is 0 Å². The van der Waals surface area contributed by atoms with E-state index in [2.05, 4.69) is 5.32 Å². The lowest BCUT2D eigenvalue weighted by atomic mass is 10.2. The summed E-state index contributed by atoms with van der Waals surface area (Å²) in [5.74, 6) is -0.206. The summed E-state index contributed by atoms with van der Waals surface area (Å²) in [4.78, 5) is 11.9. The minimum Gasteiger partial charge on any atom is -0.399 e. The third-order valence-electron chi connectivity index (χ3n) is 2.38. The lowest BCUT2D eigenvalue weighted by Crippen LogP contribution is -2.13. The molecule has 0 aliphatic rings. The van der Waals surface area contributed by atoms with E-state index < -0.39 is 0 Å². The van der Waals surface area contributed by atoms with Crippen LogP contribution in [0.4, 0.5) is 17.1 Å². The second-order valence-electron chi connectivity index (χ2n) is 3.66. The van der Waals surface area contributed by atoms with Crippen LogP contribution in [0.25, 0.3) is 0 Å². The Hall–Kier alpha value is -1.91. The molecule has 0 bridgehead atoms. The second-order valence-corrected chi connectivity index (χ2v) is 3.66. The van der Waals surface area contributed by atoms with Gasteiger partial charge in [-0.3, -0.25) is 4.79 Å². The van der Waals surface area contributed by atoms with Crippen LogP contribution in [0.1, 0.15) is 10.4 Å². The number of rotatable bonds is 2. The van der Waals surface area contributed by atoms with E-state index in [9.17, 15) is 4.79 Å². The van der Waals surface area contributed by atoms with Crippen LogP contribution in [0.5, 0.6) is 0 Å². The first-order valence-corrected chi connectivity index (χ1v) is 5.18. The predicted octanol–water partition coefficient (Wildman–Crippen LogP) is 2.95. The summed E-state index contributed by atoms with van der Waals surface area (Å²) < 4.78 is 0. The Balaban J connectivity index is 0.00000162. The van der Waals surface area contributed by atoms with Crippen molar-refractivity contribution in [3.8, 4) is 0 Å². The largest absolute Gasteiger partial charge is 0.399 e. The zero-order valence-electron chi connectivity index (χ0n) is 10.00. The molecule has 0 aliphatic heterocycles. The fraction of sp³-hybridized carbons (Fsp3) is 0. The van der Waals surface area contributed by atoms with Crippen LogP contribution >= 0.6 is 24.8 Å². The van der Waals surface area contributed by atoms with E-state index in [1.54, 1.807) is 36.4 Å². The van der Waals surface area contributed by atoms with Gasteiger partial charge in [-0.2, -0.15) is 0 Å². The third-order valence-corrected chi connectivity index (χ3v) is 2.38. The van der Waals surface area contributed by atoms with E-state index in [1.807, 2.05) is 12.1 Å². The third kappa shape index (κ3) is 4.35. The first-order chi connectivity index (χ1) is 8.16. The van der Waals surface area contributed by atoms with Gasteiger partial charge in [-0.25, -0.2) is 0 Å². The maximum Gasteiger partial charge on any atom is 0.255 e. The van der Waals surface area contributed by atoms with Gasteiger partial charge < -0.3 is 16.8 Å². The average molecular weight is 300 g/mol. The average Bonchev–Trinajstić information content (AvgIpc) is 2.33. The molecule has 0 heterocycles. The number of hydrogen-bond donors (Lipinski definition) is 3. The number of carbonyl (C=O) groups is 1. The summed E-state index contributed by atoms with van der Waals surface area (Å²) >= 11 is 0. The fourth-order valence-electron chi connectivity index (χ4n) is 1.44. The molecule has 2 aromatic carbocycles. The van der Waals surface area contributed by atoms with Crippen LogP contribution < -0.4 is 16.8 Å². The molecule has 0 fully saturated rings. The van der Waals surface area contributed by atoms with E-state index in [0.717, 1.165) is 0 Å². The second kappa shape index (κ2) is 7.51. The minimum absolute atomic E-state index is 0. The van der Waals surface area contributed by atoms with Gasteiger partial charge in [-0.1, -0.05) is 12.1 Å². The molecule has 2 aromatic rings. The van der Waals surface area contributed by atoms with E-state index >= 15 is 0 Å². The van der Waals surface area contributed by atoms with Gasteiger partial charge in [0.15, 0.2) is 0 Å². The van der Waals surface area contributed by atoms with Gasteiger partial charge in [0.05, 0.1) is 11.4 Å². The molecular weight excluding hydrogens is 285 g/mol. The van der Waals surface area contributed by atoms with E-state index in [-0.39, 0.29) is 30.7 Å². The number of benzene rings is 2. The molecule has 0 saturated heterocycles. The van der Waals surface area contributed by atoms with Gasteiger partial charge in [0.1, 0.15) is 0 Å². The molecule has 0 saturated carbocycles. The Morgan fingerprint density at radius 3 is 2.05 bits per heavy atom. The summed E-state index contributed by atoms with van der Waals surface area (Å²) in [5, 5.41) is 2.74. The standard InChI is InChI=1S/C13H13N3O.2ClH/c14-10-7-5-9(6-8-10)13(17)16-12-4-2-1-3-11(12)15;;/h1-8H,14-15H2,(H,16,17);2*1H. The summed E-state index contributed by atoms with van der Waals surface area (Å²) in [6.07, 6.45) is 0. The Kier molecular flexibility index (Phi) is 6.75. The van der Waals surface area contributed by atoms with E-state index in [1.165, 1.54) is 0 Å². The Bertz CT molecular complexity index is 544. The number of halogens is 2. The number of hydrogen-bond acceptors (Lipinski definition) is 3. The van der Waals surface area contributed by atoms with Gasteiger partial charge in [0.25, 0.3) is 5.91 Å². The van der Waals surface area contributed by atoms with Crippen molar-refractivity contribution in [3.05, 3.63) is 54.1 Å². The van der Waals surface area contributed by atoms with Crippen molar-refractivity contribution < 1.29 is 4.79 Å². The van der Waals surface area contributed by atoms with Crippen molar-refractivity contribution in [3.63, 3.8) is 0 Å². The maximum absolute atomic E-state index is 11.9. The van der Waals surface area contributed by atoms with Crippen molar-refractivity contribution >= 4 is 47.8 Å². The Morgan fingerprint density at radius 1 is 0.895 bits per heavy atom. The topological polar surface area (TPSA) is 81.1 Å². The minimum atomic E-state index is -0.206. The van der Waals surface area contributed by atoms with Gasteiger partial charge in [-0.05, 0) is 36.4 Å². The first-order valence-electron chi connectivity index (χ1n) is 5.18. The molecule has 0 aliphatic carbocycles. The van der Waals surface area contributed by atoms with Gasteiger partial charge in [0, 0.05) is 11.3 Å². The maximum atomic E-state index is 11.9. The molecule has 2 rings (SSSR count). The normalized spacial score (nSPS) is 8.84. The summed E-state index contributed by atoms with van der Waals surface area (Å²) in [5.41, 5.74) is 13.6. The monoisotopic (exact) mass is 299 g/mol. The quantitative estimate of drug-likeness (QED) is 0.746. The van der Waals surface area contributed by atoms with Crippen LogP contribution in [0, 0.1) is 0 Å². The fourth-order valence-corrected chi connectivity index (χ4v) is 1.44. The van der Waals surface area contributed by atoms with Crippen LogP contribution in [-0.4, -0.2) is 5.91 Å². The molecule has 0 spiro atoms. The summed E-state index contributed by atoms with van der Waals surface area (Å²) in [6, 6.07) is 13.8. The first kappa shape index (κ1) is 17.1. The van der Waals surface area contributed by atoms with Crippen LogP contribution in [0.3, 0.4) is 0 Å². The molecule has 4 nitrogen and oxygen atoms in total. The lowest BCUT2D eigenvalue weighted by molar-refractivity contribution is 0.102. The molecule has 0 atom stereocenters. The lowest BCUT2D eigenvalue weighted by Gasteiger charge is -2.07. The SMILES string of the molecule is Cl.Cl.Nc1ccc(C(=O)Nc2ccccc2N)cc1. The molecule has 1 amide bonds. The number of nitrogen functional groups attached to an aromatic ring is 2. The Labute approximate surface area is 124 Å². The molecular formula is C13H15Cl2N3O. The molecule has 6 heteroatoms. The number of nitrogens with one attached hydrogen (secondary N) is 1. The zero-order valence-corrected chi connectivity index (χ0v) is 11.6. The Morgan fingerprint density at radius 2 is 1.47 bits per heavy atom. The van der Waals surface area contributed by atoms with Crippen molar-refractivity contribution in [2.75, 3.05) is 16.8 Å². The highest BCUT2D eigenvalue weighted by Crippen LogP contribution is 2.18. The molecule has 102 valence electrons. The summed E-state index contributed by atoms with van der Waals surface area (Å²) in [6.45, 7) is 0. The van der Waals surface area contributed by atoms with Gasteiger partial charge >= 0.3 is 0 Å². The predicted molar refractivity (Wildman–Crippen MR) is 84.2 cm³/mol. The number of carbonyl (C=O) groups excluding carboxylic acids is 1. The number of nitrogens with two attached hydrogens (primary N) is 2. The van der Waals surface area contributed by atoms with Crippen molar-refractivity contribution in [2.24, 2.45) is 0 Å². The molecule has 19 heavy (non-hydrogen) atoms. The van der Waals surface area contributed by atoms with Gasteiger partial charge in [-0.15, -0.1) is 24.8 Å². The number of para-hydroxylation sites is 2. The van der Waals surface area contributed by atoms with Crippen molar-refractivity contribution in [1.29, 1.82) is 0 Å². The molecule has 0 radical (unpaired) electrons. The molecule has 0 unspecified atom stereocenters.